The lowest BCUT2D eigenvalue weighted by Gasteiger charge is -2.21. The van der Waals surface area contributed by atoms with Crippen molar-refractivity contribution in [1.29, 1.82) is 0 Å². The van der Waals surface area contributed by atoms with E-state index in [1.54, 1.807) is 11.1 Å². The van der Waals surface area contributed by atoms with Crippen LogP contribution < -0.4 is 0 Å². The van der Waals surface area contributed by atoms with Crippen molar-refractivity contribution in [3.63, 3.8) is 0 Å². The highest BCUT2D eigenvalue weighted by Gasteiger charge is 2.26. The lowest BCUT2D eigenvalue weighted by molar-refractivity contribution is 0.607. The maximum Gasteiger partial charge on any atom is 0.0334 e. The van der Waals surface area contributed by atoms with E-state index >= 15 is 0 Å². The molecule has 0 bridgehead atoms. The van der Waals surface area contributed by atoms with Crippen molar-refractivity contribution >= 4 is 22.7 Å². The largest absolute Gasteiger partial charge is 0.148 e. The zero-order chi connectivity index (χ0) is 21.0. The summed E-state index contributed by atoms with van der Waals surface area (Å²) >= 11 is 3.94. The minimum Gasteiger partial charge on any atom is -0.148 e. The van der Waals surface area contributed by atoms with E-state index < -0.39 is 0 Å². The first-order valence-electron chi connectivity index (χ1n) is 12.2. The van der Waals surface area contributed by atoms with Gasteiger partial charge in [0.2, 0.25) is 0 Å². The predicted octanol–water partition coefficient (Wildman–Crippen LogP) is 9.94. The molecule has 2 rings (SSSR count). The summed E-state index contributed by atoms with van der Waals surface area (Å²) in [6.07, 6.45) is 19.1. The Bertz CT molecular complexity index is 605. The van der Waals surface area contributed by atoms with Crippen molar-refractivity contribution in [3.05, 3.63) is 43.8 Å². The van der Waals surface area contributed by atoms with Gasteiger partial charge in [0.15, 0.2) is 0 Å². The summed E-state index contributed by atoms with van der Waals surface area (Å²) in [6.45, 7) is 9.40. The van der Waals surface area contributed by atoms with Gasteiger partial charge >= 0.3 is 0 Å². The Morgan fingerprint density at radius 1 is 0.586 bits per heavy atom. The summed E-state index contributed by atoms with van der Waals surface area (Å²) in [7, 11) is 0. The molecule has 0 unspecified atom stereocenters. The van der Waals surface area contributed by atoms with Gasteiger partial charge in [-0.05, 0) is 59.7 Å². The molecule has 0 saturated carbocycles. The van der Waals surface area contributed by atoms with Crippen molar-refractivity contribution in [1.82, 2.24) is 0 Å². The highest BCUT2D eigenvalue weighted by atomic mass is 32.1. The normalized spacial score (nSPS) is 12.0. The Balaban J connectivity index is 1.79. The summed E-state index contributed by atoms with van der Waals surface area (Å²) in [6, 6.07) is 4.98. The zero-order valence-electron chi connectivity index (χ0n) is 19.5. The zero-order valence-corrected chi connectivity index (χ0v) is 21.2. The Labute approximate surface area is 189 Å². The smallest absolute Gasteiger partial charge is 0.0334 e. The van der Waals surface area contributed by atoms with E-state index in [2.05, 4.69) is 50.6 Å². The third-order valence-electron chi connectivity index (χ3n) is 6.18. The molecule has 0 amide bonds. The number of thiophene rings is 2. The quantitative estimate of drug-likeness (QED) is 0.231. The topological polar surface area (TPSA) is 0 Å². The van der Waals surface area contributed by atoms with Crippen molar-refractivity contribution < 1.29 is 0 Å². The van der Waals surface area contributed by atoms with Crippen LogP contribution in [-0.4, -0.2) is 0 Å². The first-order chi connectivity index (χ1) is 14.1. The minimum absolute atomic E-state index is 0.147. The first-order valence-corrected chi connectivity index (χ1v) is 14.0. The van der Waals surface area contributed by atoms with Crippen molar-refractivity contribution in [2.75, 3.05) is 0 Å². The molecule has 2 heterocycles. The van der Waals surface area contributed by atoms with Crippen LogP contribution in [0.25, 0.3) is 0 Å². The fourth-order valence-electron chi connectivity index (χ4n) is 4.01. The first kappa shape index (κ1) is 24.7. The Hall–Kier alpha value is -0.600. The molecule has 0 spiro atoms. The predicted molar refractivity (Wildman–Crippen MR) is 135 cm³/mol. The van der Waals surface area contributed by atoms with Crippen LogP contribution in [0.15, 0.2) is 22.9 Å². The van der Waals surface area contributed by atoms with Crippen LogP contribution in [0.2, 0.25) is 0 Å². The highest BCUT2D eigenvalue weighted by Crippen LogP contribution is 2.39. The highest BCUT2D eigenvalue weighted by molar-refractivity contribution is 7.12. The summed E-state index contributed by atoms with van der Waals surface area (Å²) in [4.78, 5) is 3.07. The molecule has 0 saturated heterocycles. The maximum absolute atomic E-state index is 2.49. The van der Waals surface area contributed by atoms with Gasteiger partial charge in [0.1, 0.15) is 0 Å². The molecular formula is C27H44S2. The van der Waals surface area contributed by atoms with Gasteiger partial charge < -0.3 is 0 Å². The molecule has 164 valence electrons. The lowest BCUT2D eigenvalue weighted by atomic mass is 9.88. The summed E-state index contributed by atoms with van der Waals surface area (Å²) in [5.74, 6) is 0. The molecule has 2 aromatic rings. The fraction of sp³-hybridized carbons (Fsp3) is 0.704. The van der Waals surface area contributed by atoms with Gasteiger partial charge in [-0.2, -0.15) is 0 Å². The van der Waals surface area contributed by atoms with E-state index in [0.717, 1.165) is 0 Å². The van der Waals surface area contributed by atoms with Gasteiger partial charge in [-0.25, -0.2) is 0 Å². The fourth-order valence-corrected chi connectivity index (χ4v) is 6.25. The summed E-state index contributed by atoms with van der Waals surface area (Å²) in [5.41, 5.74) is 3.25. The average molecular weight is 433 g/mol. The molecule has 2 aromatic heterocycles. The second kappa shape index (κ2) is 13.7. The molecule has 0 nitrogen and oxygen atoms in total. The molecule has 0 atom stereocenters. The van der Waals surface area contributed by atoms with Crippen molar-refractivity contribution in [2.24, 2.45) is 0 Å². The van der Waals surface area contributed by atoms with Crippen LogP contribution in [0.4, 0.5) is 0 Å². The van der Waals surface area contributed by atoms with Gasteiger partial charge in [-0.15, -0.1) is 22.7 Å². The number of unbranched alkanes of at least 4 members (excludes halogenated alkanes) is 10. The number of aryl methyl sites for hydroxylation is 2. The molecule has 2 heteroatoms. The molecule has 0 fully saturated rings. The second-order valence-electron chi connectivity index (χ2n) is 9.30. The van der Waals surface area contributed by atoms with Gasteiger partial charge in [0, 0.05) is 15.2 Å². The third kappa shape index (κ3) is 8.58. The van der Waals surface area contributed by atoms with Crippen LogP contribution in [0, 0.1) is 0 Å². The molecule has 29 heavy (non-hydrogen) atoms. The van der Waals surface area contributed by atoms with Crippen LogP contribution in [0.3, 0.4) is 0 Å². The molecule has 0 aliphatic heterocycles. The average Bonchev–Trinajstić information content (AvgIpc) is 3.38. The molecule has 0 radical (unpaired) electrons. The van der Waals surface area contributed by atoms with Gasteiger partial charge in [0.25, 0.3) is 0 Å². The molecule has 0 aliphatic carbocycles. The lowest BCUT2D eigenvalue weighted by Crippen LogP contribution is -2.15. The summed E-state index contributed by atoms with van der Waals surface area (Å²) < 4.78 is 0. The number of hydrogen-bond donors (Lipinski definition) is 0. The number of rotatable bonds is 16. The second-order valence-corrected chi connectivity index (χ2v) is 11.1. The van der Waals surface area contributed by atoms with E-state index in [1.807, 2.05) is 22.7 Å². The van der Waals surface area contributed by atoms with Gasteiger partial charge in [-0.1, -0.05) is 91.9 Å². The van der Waals surface area contributed by atoms with Crippen molar-refractivity contribution in [2.45, 2.75) is 123 Å². The van der Waals surface area contributed by atoms with Crippen LogP contribution in [0.1, 0.15) is 126 Å². The van der Waals surface area contributed by atoms with E-state index in [-0.39, 0.29) is 5.41 Å². The molecule has 0 aliphatic rings. The molecule has 0 aromatic carbocycles. The third-order valence-corrected chi connectivity index (χ3v) is 8.78. The minimum atomic E-state index is 0.147. The van der Waals surface area contributed by atoms with Crippen LogP contribution >= 0.6 is 22.7 Å². The molecular weight excluding hydrogens is 388 g/mol. The van der Waals surface area contributed by atoms with E-state index in [0.29, 0.717) is 0 Å². The van der Waals surface area contributed by atoms with E-state index in [4.69, 9.17) is 0 Å². The van der Waals surface area contributed by atoms with Gasteiger partial charge in [-0.3, -0.25) is 0 Å². The Morgan fingerprint density at radius 3 is 1.38 bits per heavy atom. The standard InChI is InChI=1S/C27H44S2/c1-5-7-9-11-13-15-17-23-19-25(28-21-23)27(3,4)26-20-24(22-29-26)18-16-14-12-10-8-6-2/h19-22H,5-18H2,1-4H3. The van der Waals surface area contributed by atoms with Crippen LogP contribution in [0.5, 0.6) is 0 Å². The number of hydrogen-bond acceptors (Lipinski definition) is 2. The van der Waals surface area contributed by atoms with E-state index in [9.17, 15) is 0 Å². The van der Waals surface area contributed by atoms with Gasteiger partial charge in [0.05, 0.1) is 0 Å². The molecule has 0 N–H and O–H groups in total. The Kier molecular flexibility index (Phi) is 11.6. The van der Waals surface area contributed by atoms with Crippen molar-refractivity contribution in [3.8, 4) is 0 Å². The SMILES string of the molecule is CCCCCCCCc1csc(C(C)(C)c2cc(CCCCCCCC)cs2)c1. The van der Waals surface area contributed by atoms with E-state index in [1.165, 1.54) is 99.6 Å². The van der Waals surface area contributed by atoms with Crippen LogP contribution in [-0.2, 0) is 18.3 Å². The Morgan fingerprint density at radius 2 is 0.966 bits per heavy atom. The monoisotopic (exact) mass is 432 g/mol. The summed E-state index contributed by atoms with van der Waals surface area (Å²) in [5, 5.41) is 4.82. The maximum atomic E-state index is 2.49.